The zero-order valence-corrected chi connectivity index (χ0v) is 13.6. The van der Waals surface area contributed by atoms with Crippen LogP contribution in [0.3, 0.4) is 0 Å². The van der Waals surface area contributed by atoms with Gasteiger partial charge in [-0.2, -0.15) is 0 Å². The van der Waals surface area contributed by atoms with Gasteiger partial charge in [0.2, 0.25) is 0 Å². The number of likely N-dealkylation sites (N-methyl/N-ethyl adjacent to an activating group) is 1. The lowest BCUT2D eigenvalue weighted by molar-refractivity contribution is 0.0936. The minimum absolute atomic E-state index is 0.717. The van der Waals surface area contributed by atoms with Crippen molar-refractivity contribution in [3.8, 4) is 0 Å². The third kappa shape index (κ3) is 5.80. The van der Waals surface area contributed by atoms with Crippen LogP contribution >= 0.6 is 0 Å². The maximum Gasteiger partial charge on any atom is 0.0220 e. The lowest BCUT2D eigenvalue weighted by Gasteiger charge is -2.40. The summed E-state index contributed by atoms with van der Waals surface area (Å²) < 4.78 is 0. The van der Waals surface area contributed by atoms with Crippen molar-refractivity contribution >= 4 is 0 Å². The summed E-state index contributed by atoms with van der Waals surface area (Å²) in [6, 6.07) is 1.51. The SMILES string of the molecule is CCCNCC(CCC)N(C)C1CCN(CC)CC1. The molecule has 19 heavy (non-hydrogen) atoms. The Morgan fingerprint density at radius 1 is 1.16 bits per heavy atom. The fourth-order valence-corrected chi connectivity index (χ4v) is 3.17. The van der Waals surface area contributed by atoms with Crippen molar-refractivity contribution in [2.24, 2.45) is 0 Å². The molecule has 0 saturated carbocycles. The second-order valence-electron chi connectivity index (χ2n) is 5.98. The molecule has 0 aromatic heterocycles. The normalized spacial score (nSPS) is 20.1. The van der Waals surface area contributed by atoms with Crippen LogP contribution in [0.15, 0.2) is 0 Å². The summed E-state index contributed by atoms with van der Waals surface area (Å²) in [6.07, 6.45) is 6.53. The van der Waals surface area contributed by atoms with Crippen LogP contribution < -0.4 is 5.32 Å². The lowest BCUT2D eigenvalue weighted by atomic mass is 10.00. The van der Waals surface area contributed by atoms with Crippen LogP contribution in [0.2, 0.25) is 0 Å². The van der Waals surface area contributed by atoms with Crippen molar-refractivity contribution in [2.45, 2.75) is 65.0 Å². The summed E-state index contributed by atoms with van der Waals surface area (Å²) >= 11 is 0. The van der Waals surface area contributed by atoms with Gasteiger partial charge < -0.3 is 10.2 Å². The largest absolute Gasteiger partial charge is 0.315 e. The van der Waals surface area contributed by atoms with E-state index in [1.165, 1.54) is 51.7 Å². The first kappa shape index (κ1) is 16.9. The van der Waals surface area contributed by atoms with Crippen molar-refractivity contribution in [1.29, 1.82) is 0 Å². The van der Waals surface area contributed by atoms with Crippen LogP contribution in [0.25, 0.3) is 0 Å². The van der Waals surface area contributed by atoms with Gasteiger partial charge in [-0.25, -0.2) is 0 Å². The van der Waals surface area contributed by atoms with E-state index in [-0.39, 0.29) is 0 Å². The molecule has 0 aromatic rings. The first-order valence-corrected chi connectivity index (χ1v) is 8.37. The Labute approximate surface area is 120 Å². The molecule has 0 radical (unpaired) electrons. The van der Waals surface area contributed by atoms with Gasteiger partial charge in [-0.05, 0) is 58.9 Å². The molecule has 1 heterocycles. The average Bonchev–Trinajstić information content (AvgIpc) is 2.46. The smallest absolute Gasteiger partial charge is 0.0220 e. The van der Waals surface area contributed by atoms with E-state index in [0.29, 0.717) is 0 Å². The Morgan fingerprint density at radius 3 is 2.37 bits per heavy atom. The van der Waals surface area contributed by atoms with Gasteiger partial charge in [0.15, 0.2) is 0 Å². The van der Waals surface area contributed by atoms with Crippen molar-refractivity contribution < 1.29 is 0 Å². The highest BCUT2D eigenvalue weighted by molar-refractivity contribution is 4.82. The quantitative estimate of drug-likeness (QED) is 0.649. The van der Waals surface area contributed by atoms with Gasteiger partial charge >= 0.3 is 0 Å². The molecule has 0 spiro atoms. The topological polar surface area (TPSA) is 18.5 Å². The van der Waals surface area contributed by atoms with Gasteiger partial charge in [-0.15, -0.1) is 0 Å². The lowest BCUT2D eigenvalue weighted by Crippen LogP contribution is -2.50. The van der Waals surface area contributed by atoms with Crippen LogP contribution in [-0.4, -0.2) is 61.7 Å². The first-order valence-electron chi connectivity index (χ1n) is 8.37. The van der Waals surface area contributed by atoms with Gasteiger partial charge in [-0.1, -0.05) is 27.2 Å². The third-order valence-corrected chi connectivity index (χ3v) is 4.58. The molecule has 1 aliphatic rings. The number of hydrogen-bond acceptors (Lipinski definition) is 3. The first-order chi connectivity index (χ1) is 9.22. The zero-order valence-electron chi connectivity index (χ0n) is 13.6. The predicted molar refractivity (Wildman–Crippen MR) is 84.8 cm³/mol. The maximum atomic E-state index is 3.61. The molecule has 3 heteroatoms. The van der Waals surface area contributed by atoms with E-state index in [1.807, 2.05) is 0 Å². The van der Waals surface area contributed by atoms with Crippen LogP contribution in [0, 0.1) is 0 Å². The molecule has 1 fully saturated rings. The highest BCUT2D eigenvalue weighted by Gasteiger charge is 2.25. The molecule has 0 aromatic carbocycles. The molecule has 1 atom stereocenters. The second-order valence-corrected chi connectivity index (χ2v) is 5.98. The molecule has 0 aliphatic carbocycles. The van der Waals surface area contributed by atoms with Crippen molar-refractivity contribution in [3.05, 3.63) is 0 Å². The van der Waals surface area contributed by atoms with Crippen LogP contribution in [0.5, 0.6) is 0 Å². The average molecular weight is 269 g/mol. The van der Waals surface area contributed by atoms with Gasteiger partial charge in [-0.3, -0.25) is 4.90 Å². The van der Waals surface area contributed by atoms with Crippen LogP contribution in [-0.2, 0) is 0 Å². The molecule has 3 nitrogen and oxygen atoms in total. The Bertz CT molecular complexity index is 212. The number of hydrogen-bond donors (Lipinski definition) is 1. The fraction of sp³-hybridized carbons (Fsp3) is 1.00. The number of piperidine rings is 1. The summed E-state index contributed by atoms with van der Waals surface area (Å²) in [5.41, 5.74) is 0. The molecule has 0 bridgehead atoms. The predicted octanol–water partition coefficient (Wildman–Crippen LogP) is 2.57. The number of likely N-dealkylation sites (tertiary alicyclic amines) is 1. The van der Waals surface area contributed by atoms with Crippen LogP contribution in [0.4, 0.5) is 0 Å². The third-order valence-electron chi connectivity index (χ3n) is 4.58. The van der Waals surface area contributed by atoms with Gasteiger partial charge in [0.25, 0.3) is 0 Å². The van der Waals surface area contributed by atoms with Crippen LogP contribution in [0.1, 0.15) is 52.9 Å². The van der Waals surface area contributed by atoms with Crippen molar-refractivity contribution in [3.63, 3.8) is 0 Å². The fourth-order valence-electron chi connectivity index (χ4n) is 3.17. The zero-order chi connectivity index (χ0) is 14.1. The summed E-state index contributed by atoms with van der Waals surface area (Å²) in [4.78, 5) is 5.24. The minimum atomic E-state index is 0.717. The summed E-state index contributed by atoms with van der Waals surface area (Å²) in [5, 5.41) is 3.61. The molecule has 1 aliphatic heterocycles. The maximum absolute atomic E-state index is 3.61. The van der Waals surface area contributed by atoms with E-state index in [1.54, 1.807) is 0 Å². The number of nitrogens with zero attached hydrogens (tertiary/aromatic N) is 2. The van der Waals surface area contributed by atoms with E-state index in [0.717, 1.165) is 25.2 Å². The summed E-state index contributed by atoms with van der Waals surface area (Å²) in [5.74, 6) is 0. The van der Waals surface area contributed by atoms with Gasteiger partial charge in [0, 0.05) is 18.6 Å². The van der Waals surface area contributed by atoms with E-state index < -0.39 is 0 Å². The molecular weight excluding hydrogens is 234 g/mol. The number of rotatable bonds is 9. The highest BCUT2D eigenvalue weighted by atomic mass is 15.2. The van der Waals surface area contributed by atoms with E-state index in [9.17, 15) is 0 Å². The van der Waals surface area contributed by atoms with E-state index >= 15 is 0 Å². The Hall–Kier alpha value is -0.120. The second kappa shape index (κ2) is 9.73. The molecular formula is C16H35N3. The summed E-state index contributed by atoms with van der Waals surface area (Å²) in [6.45, 7) is 12.9. The molecule has 114 valence electrons. The van der Waals surface area contributed by atoms with Crippen molar-refractivity contribution in [2.75, 3.05) is 39.8 Å². The molecule has 1 rings (SSSR count). The Morgan fingerprint density at radius 2 is 1.84 bits per heavy atom. The van der Waals surface area contributed by atoms with E-state index in [4.69, 9.17) is 0 Å². The Balaban J connectivity index is 2.39. The minimum Gasteiger partial charge on any atom is -0.315 e. The monoisotopic (exact) mass is 269 g/mol. The van der Waals surface area contributed by atoms with Gasteiger partial charge in [0.05, 0.1) is 0 Å². The molecule has 1 N–H and O–H groups in total. The molecule has 1 unspecified atom stereocenters. The van der Waals surface area contributed by atoms with Gasteiger partial charge in [0.1, 0.15) is 0 Å². The summed E-state index contributed by atoms with van der Waals surface area (Å²) in [7, 11) is 2.35. The van der Waals surface area contributed by atoms with Crippen molar-refractivity contribution in [1.82, 2.24) is 15.1 Å². The molecule has 1 saturated heterocycles. The standard InChI is InChI=1S/C16H35N3/c1-5-8-16(14-17-11-6-2)18(4)15-9-12-19(7-3)13-10-15/h15-17H,5-14H2,1-4H3. The van der Waals surface area contributed by atoms with E-state index in [2.05, 4.69) is 42.9 Å². The molecule has 0 amide bonds. The number of nitrogens with one attached hydrogen (secondary N) is 1. The Kier molecular flexibility index (Phi) is 8.67. The highest BCUT2D eigenvalue weighted by Crippen LogP contribution is 2.19.